The number of carbonyl (C=O) groups is 1. The van der Waals surface area contributed by atoms with E-state index < -0.39 is 5.97 Å². The summed E-state index contributed by atoms with van der Waals surface area (Å²) in [7, 11) is 0. The van der Waals surface area contributed by atoms with Crippen molar-refractivity contribution < 1.29 is 9.53 Å². The molecule has 0 fully saturated rings. The summed E-state index contributed by atoms with van der Waals surface area (Å²) in [5.74, 6) is -0.0464. The van der Waals surface area contributed by atoms with E-state index in [4.69, 9.17) is 10.5 Å². The first-order valence-corrected chi connectivity index (χ1v) is 9.34. The molecule has 0 saturated carbocycles. The summed E-state index contributed by atoms with van der Waals surface area (Å²) in [5, 5.41) is 14.2. The monoisotopic (exact) mass is 381 g/mol. The third kappa shape index (κ3) is 2.74. The van der Waals surface area contributed by atoms with Crippen LogP contribution in [0.25, 0.3) is 27.8 Å². The van der Waals surface area contributed by atoms with Gasteiger partial charge < -0.3 is 10.5 Å². The lowest BCUT2D eigenvalue weighted by molar-refractivity contribution is 0.0523. The number of hydrogen-bond donors (Lipinski definition) is 1. The fraction of sp³-hybridized carbons (Fsp3) is 0.176. The second-order valence-electron chi connectivity index (χ2n) is 5.51. The maximum atomic E-state index is 12.3. The van der Waals surface area contributed by atoms with Gasteiger partial charge >= 0.3 is 5.97 Å². The molecule has 0 saturated heterocycles. The van der Waals surface area contributed by atoms with Crippen molar-refractivity contribution in [2.45, 2.75) is 11.9 Å². The fourth-order valence-corrected chi connectivity index (χ4v) is 3.34. The van der Waals surface area contributed by atoms with E-state index in [0.717, 1.165) is 10.9 Å². The second-order valence-corrected chi connectivity index (χ2v) is 6.31. The van der Waals surface area contributed by atoms with Gasteiger partial charge in [0, 0.05) is 5.39 Å². The number of rotatable bonds is 4. The van der Waals surface area contributed by atoms with Crippen molar-refractivity contribution in [2.75, 3.05) is 18.6 Å². The molecule has 4 aromatic rings. The molecule has 0 unspecified atom stereocenters. The first kappa shape index (κ1) is 17.2. The van der Waals surface area contributed by atoms with Gasteiger partial charge in [-0.25, -0.2) is 14.8 Å². The average molecular weight is 381 g/mol. The molecule has 2 N–H and O–H groups in total. The Bertz CT molecular complexity index is 1170. The van der Waals surface area contributed by atoms with E-state index in [1.165, 1.54) is 22.8 Å². The van der Waals surface area contributed by atoms with E-state index >= 15 is 0 Å². The molecule has 9 nitrogen and oxygen atoms in total. The van der Waals surface area contributed by atoms with E-state index in [9.17, 15) is 4.79 Å². The number of benzene rings is 1. The minimum absolute atomic E-state index is 0.132. The van der Waals surface area contributed by atoms with Gasteiger partial charge in [-0.05, 0) is 19.2 Å². The van der Waals surface area contributed by atoms with Crippen LogP contribution in [0.2, 0.25) is 0 Å². The minimum atomic E-state index is -0.527. The van der Waals surface area contributed by atoms with Crippen molar-refractivity contribution in [3.05, 3.63) is 36.2 Å². The van der Waals surface area contributed by atoms with Crippen molar-refractivity contribution in [3.8, 4) is 5.82 Å². The van der Waals surface area contributed by atoms with Gasteiger partial charge in [-0.2, -0.15) is 9.78 Å². The zero-order chi connectivity index (χ0) is 19.0. The highest BCUT2D eigenvalue weighted by Crippen LogP contribution is 2.30. The maximum Gasteiger partial charge on any atom is 0.344 e. The standard InChI is InChI=1S/C17H15N7O2S/c1-3-26-17(25)11-14(18)24(23-16(11)27-2)15-13-12(19-8-20-15)9-6-4-5-7-10(9)21-22-13/h4-8H,3,18H2,1-2H3. The van der Waals surface area contributed by atoms with Gasteiger partial charge in [0.15, 0.2) is 11.3 Å². The number of thioether (sulfide) groups is 1. The molecule has 136 valence electrons. The number of carbonyl (C=O) groups excluding carboxylic acids is 1. The molecule has 3 heterocycles. The Morgan fingerprint density at radius 3 is 2.81 bits per heavy atom. The SMILES string of the molecule is CCOC(=O)c1c(SC)nn(-c2ncnc3c2nnc2ccccc23)c1N. The van der Waals surface area contributed by atoms with Gasteiger partial charge in [-0.3, -0.25) is 0 Å². The average Bonchev–Trinajstić information content (AvgIpc) is 3.03. The summed E-state index contributed by atoms with van der Waals surface area (Å²) in [6.07, 6.45) is 3.22. The summed E-state index contributed by atoms with van der Waals surface area (Å²) in [5.41, 5.74) is 8.23. The first-order valence-electron chi connectivity index (χ1n) is 8.11. The molecule has 27 heavy (non-hydrogen) atoms. The smallest absolute Gasteiger partial charge is 0.344 e. The molecule has 0 aliphatic rings. The van der Waals surface area contributed by atoms with Crippen LogP contribution in [-0.2, 0) is 4.74 Å². The fourth-order valence-electron chi connectivity index (χ4n) is 2.79. The van der Waals surface area contributed by atoms with Crippen LogP contribution < -0.4 is 5.73 Å². The van der Waals surface area contributed by atoms with Crippen LogP contribution in [0.15, 0.2) is 35.6 Å². The van der Waals surface area contributed by atoms with Crippen molar-refractivity contribution in [2.24, 2.45) is 0 Å². The summed E-state index contributed by atoms with van der Waals surface area (Å²) in [6.45, 7) is 1.97. The number of ether oxygens (including phenoxy) is 1. The quantitative estimate of drug-likeness (QED) is 0.322. The van der Waals surface area contributed by atoms with Crippen LogP contribution in [0.3, 0.4) is 0 Å². The van der Waals surface area contributed by atoms with Gasteiger partial charge in [-0.15, -0.1) is 22.0 Å². The molecular weight excluding hydrogens is 366 g/mol. The van der Waals surface area contributed by atoms with Crippen LogP contribution in [0.1, 0.15) is 17.3 Å². The molecule has 4 rings (SSSR count). The molecule has 0 aliphatic heterocycles. The number of aromatic nitrogens is 6. The second kappa shape index (κ2) is 6.80. The third-order valence-electron chi connectivity index (χ3n) is 3.98. The highest BCUT2D eigenvalue weighted by atomic mass is 32.2. The van der Waals surface area contributed by atoms with E-state index in [1.807, 2.05) is 24.3 Å². The van der Waals surface area contributed by atoms with Crippen LogP contribution in [-0.4, -0.2) is 48.8 Å². The van der Waals surface area contributed by atoms with E-state index in [1.54, 1.807) is 13.2 Å². The third-order valence-corrected chi connectivity index (χ3v) is 4.65. The van der Waals surface area contributed by atoms with Crippen LogP contribution >= 0.6 is 11.8 Å². The predicted molar refractivity (Wildman–Crippen MR) is 102 cm³/mol. The number of nitrogens with two attached hydrogens (primary N) is 1. The molecule has 0 amide bonds. The molecule has 0 aliphatic carbocycles. The zero-order valence-electron chi connectivity index (χ0n) is 14.6. The van der Waals surface area contributed by atoms with E-state index in [-0.39, 0.29) is 18.0 Å². The topological polar surface area (TPSA) is 122 Å². The molecular formula is C17H15N7O2S. The van der Waals surface area contributed by atoms with Crippen LogP contribution in [0.4, 0.5) is 5.82 Å². The lowest BCUT2D eigenvalue weighted by Crippen LogP contribution is -2.11. The number of anilines is 1. The largest absolute Gasteiger partial charge is 0.462 e. The highest BCUT2D eigenvalue weighted by Gasteiger charge is 2.25. The zero-order valence-corrected chi connectivity index (χ0v) is 15.4. The van der Waals surface area contributed by atoms with Crippen molar-refractivity contribution in [1.82, 2.24) is 29.9 Å². The molecule has 3 aromatic heterocycles. The minimum Gasteiger partial charge on any atom is -0.462 e. The Kier molecular flexibility index (Phi) is 4.32. The lowest BCUT2D eigenvalue weighted by atomic mass is 10.2. The summed E-state index contributed by atoms with van der Waals surface area (Å²) in [4.78, 5) is 20.9. The molecule has 0 atom stereocenters. The number of hydrogen-bond acceptors (Lipinski definition) is 9. The van der Waals surface area contributed by atoms with Gasteiger partial charge in [0.05, 0.1) is 12.1 Å². The van der Waals surface area contributed by atoms with Gasteiger partial charge in [-0.1, -0.05) is 18.2 Å². The van der Waals surface area contributed by atoms with E-state index in [0.29, 0.717) is 21.9 Å². The Labute approximate surface area is 158 Å². The number of nitrogens with zero attached hydrogens (tertiary/aromatic N) is 6. The Morgan fingerprint density at radius 1 is 1.22 bits per heavy atom. The molecule has 10 heteroatoms. The summed E-state index contributed by atoms with van der Waals surface area (Å²) < 4.78 is 6.48. The van der Waals surface area contributed by atoms with Crippen molar-refractivity contribution >= 4 is 45.5 Å². The number of esters is 1. The molecule has 0 spiro atoms. The Hall–Kier alpha value is -3.27. The Morgan fingerprint density at radius 2 is 2.04 bits per heavy atom. The van der Waals surface area contributed by atoms with Crippen molar-refractivity contribution in [1.29, 1.82) is 0 Å². The summed E-state index contributed by atoms with van der Waals surface area (Å²) in [6, 6.07) is 7.55. The summed E-state index contributed by atoms with van der Waals surface area (Å²) >= 11 is 1.30. The first-order chi connectivity index (χ1) is 13.2. The molecule has 0 bridgehead atoms. The van der Waals surface area contributed by atoms with Gasteiger partial charge in [0.2, 0.25) is 0 Å². The Balaban J connectivity index is 1.98. The predicted octanol–water partition coefficient (Wildman–Crippen LogP) is 2.24. The molecule has 1 aromatic carbocycles. The maximum absolute atomic E-state index is 12.3. The van der Waals surface area contributed by atoms with Gasteiger partial charge in [0.1, 0.15) is 28.3 Å². The van der Waals surface area contributed by atoms with Crippen LogP contribution in [0, 0.1) is 0 Å². The number of fused-ring (bicyclic) bond motifs is 3. The highest BCUT2D eigenvalue weighted by molar-refractivity contribution is 7.98. The van der Waals surface area contributed by atoms with Crippen LogP contribution in [0.5, 0.6) is 0 Å². The normalized spacial score (nSPS) is 11.2. The lowest BCUT2D eigenvalue weighted by Gasteiger charge is -2.07. The van der Waals surface area contributed by atoms with Crippen molar-refractivity contribution in [3.63, 3.8) is 0 Å². The van der Waals surface area contributed by atoms with E-state index in [2.05, 4.69) is 25.3 Å². The number of nitrogen functional groups attached to an aromatic ring is 1. The van der Waals surface area contributed by atoms with Gasteiger partial charge in [0.25, 0.3) is 0 Å². The molecule has 0 radical (unpaired) electrons.